The first kappa shape index (κ1) is 15.7. The molecule has 2 fully saturated rings. The first-order valence-electron chi connectivity index (χ1n) is 8.46. The van der Waals surface area contributed by atoms with Crippen LogP contribution in [0.1, 0.15) is 40.7 Å². The lowest BCUT2D eigenvalue weighted by Gasteiger charge is -2.19. The Bertz CT molecular complexity index is 725. The molecule has 0 saturated carbocycles. The number of carbonyl (C=O) groups excluding carboxylic acids is 3. The number of fused-ring (bicyclic) bond motifs is 1. The maximum atomic E-state index is 12.6. The Kier molecular flexibility index (Phi) is 3.87. The third kappa shape index (κ3) is 2.53. The second kappa shape index (κ2) is 5.92. The number of nitrogens with zero attached hydrogens (tertiary/aromatic N) is 1. The Hall–Kier alpha value is -1.82. The summed E-state index contributed by atoms with van der Waals surface area (Å²) in [6, 6.07) is 5.35. The van der Waals surface area contributed by atoms with Gasteiger partial charge in [-0.15, -0.1) is 0 Å². The van der Waals surface area contributed by atoms with E-state index in [9.17, 15) is 14.4 Å². The number of aryl methyl sites for hydroxylation is 2. The highest BCUT2D eigenvalue weighted by Crippen LogP contribution is 2.33. The summed E-state index contributed by atoms with van der Waals surface area (Å²) < 4.78 is 0. The minimum atomic E-state index is -0.780. The zero-order chi connectivity index (χ0) is 16.7. The van der Waals surface area contributed by atoms with E-state index < -0.39 is 11.6 Å². The molecule has 2 aliphatic heterocycles. The maximum absolute atomic E-state index is 12.6. The van der Waals surface area contributed by atoms with Crippen LogP contribution in [0.2, 0.25) is 0 Å². The van der Waals surface area contributed by atoms with Gasteiger partial charge in [0.1, 0.15) is 5.54 Å². The monoisotopic (exact) mass is 344 g/mol. The summed E-state index contributed by atoms with van der Waals surface area (Å²) in [6.07, 6.45) is 5.06. The molecular weight excluding hydrogens is 324 g/mol. The van der Waals surface area contributed by atoms with Crippen molar-refractivity contribution in [1.82, 2.24) is 10.2 Å². The van der Waals surface area contributed by atoms with Crippen molar-refractivity contribution in [1.29, 1.82) is 0 Å². The number of urea groups is 1. The van der Waals surface area contributed by atoms with Crippen LogP contribution >= 0.6 is 11.8 Å². The van der Waals surface area contributed by atoms with Crippen molar-refractivity contribution in [3.8, 4) is 0 Å². The molecule has 6 heteroatoms. The predicted octanol–water partition coefficient (Wildman–Crippen LogP) is 2.18. The maximum Gasteiger partial charge on any atom is 0.325 e. The highest BCUT2D eigenvalue weighted by molar-refractivity contribution is 7.99. The molecule has 4 rings (SSSR count). The highest BCUT2D eigenvalue weighted by Gasteiger charge is 2.53. The summed E-state index contributed by atoms with van der Waals surface area (Å²) >= 11 is 1.66. The summed E-state index contributed by atoms with van der Waals surface area (Å²) in [5.74, 6) is 1.04. The van der Waals surface area contributed by atoms with Crippen molar-refractivity contribution in [2.24, 2.45) is 0 Å². The van der Waals surface area contributed by atoms with Gasteiger partial charge < -0.3 is 5.32 Å². The fourth-order valence-electron chi connectivity index (χ4n) is 3.79. The molecule has 0 unspecified atom stereocenters. The Morgan fingerprint density at radius 2 is 2.00 bits per heavy atom. The molecule has 0 aromatic heterocycles. The van der Waals surface area contributed by atoms with Crippen molar-refractivity contribution in [2.75, 3.05) is 18.1 Å². The zero-order valence-corrected chi connectivity index (χ0v) is 14.3. The number of nitrogens with one attached hydrogen (secondary N) is 1. The van der Waals surface area contributed by atoms with Crippen LogP contribution in [0.25, 0.3) is 0 Å². The molecule has 2 saturated heterocycles. The van der Waals surface area contributed by atoms with Crippen LogP contribution in [0.15, 0.2) is 18.2 Å². The van der Waals surface area contributed by atoms with Crippen LogP contribution in [0.4, 0.5) is 4.79 Å². The Balaban J connectivity index is 1.52. The van der Waals surface area contributed by atoms with Gasteiger partial charge in [0.25, 0.3) is 5.91 Å². The largest absolute Gasteiger partial charge is 0.325 e. The lowest BCUT2D eigenvalue weighted by Crippen LogP contribution is -2.47. The molecule has 0 bridgehead atoms. The number of hydrogen-bond donors (Lipinski definition) is 1. The average molecular weight is 344 g/mol. The molecule has 0 radical (unpaired) electrons. The Morgan fingerprint density at radius 3 is 2.75 bits per heavy atom. The molecule has 1 aromatic rings. The normalized spacial score (nSPS) is 25.9. The van der Waals surface area contributed by atoms with E-state index in [4.69, 9.17) is 0 Å². The van der Waals surface area contributed by atoms with E-state index in [-0.39, 0.29) is 18.2 Å². The number of hydrogen-bond acceptors (Lipinski definition) is 4. The summed E-state index contributed by atoms with van der Waals surface area (Å²) in [4.78, 5) is 38.5. The lowest BCUT2D eigenvalue weighted by atomic mass is 9.89. The molecule has 126 valence electrons. The average Bonchev–Trinajstić information content (AvgIpc) is 3.15. The number of ketones is 1. The van der Waals surface area contributed by atoms with Crippen LogP contribution in [-0.4, -0.2) is 46.2 Å². The zero-order valence-electron chi connectivity index (χ0n) is 13.5. The van der Waals surface area contributed by atoms with E-state index in [1.807, 2.05) is 18.2 Å². The number of Topliss-reactive ketones (excluding diaryl/α,β-unsaturated/α-hetero) is 1. The molecular formula is C18H20N2O3S. The van der Waals surface area contributed by atoms with Crippen LogP contribution in [0.3, 0.4) is 0 Å². The molecule has 1 spiro atoms. The first-order valence-corrected chi connectivity index (χ1v) is 9.61. The Labute approximate surface area is 145 Å². The second-order valence-corrected chi connectivity index (χ2v) is 7.93. The molecule has 3 amide bonds. The Morgan fingerprint density at radius 1 is 1.21 bits per heavy atom. The summed E-state index contributed by atoms with van der Waals surface area (Å²) in [5.41, 5.74) is 2.36. The van der Waals surface area contributed by atoms with E-state index in [2.05, 4.69) is 5.32 Å². The SMILES string of the molecule is O=C(CN1C(=O)N[C@@]2(CCSC2)C1=O)c1ccc2c(c1)CCCC2. The van der Waals surface area contributed by atoms with E-state index in [1.165, 1.54) is 17.5 Å². The van der Waals surface area contributed by atoms with Gasteiger partial charge in [0.05, 0.1) is 6.54 Å². The second-order valence-electron chi connectivity index (χ2n) is 6.82. The number of imide groups is 1. The van der Waals surface area contributed by atoms with Crippen molar-refractivity contribution >= 4 is 29.5 Å². The lowest BCUT2D eigenvalue weighted by molar-refractivity contribution is -0.130. The number of rotatable bonds is 3. The first-order chi connectivity index (χ1) is 11.6. The van der Waals surface area contributed by atoms with Gasteiger partial charge in [0, 0.05) is 11.3 Å². The van der Waals surface area contributed by atoms with Gasteiger partial charge in [-0.2, -0.15) is 11.8 Å². The minimum Gasteiger partial charge on any atom is -0.322 e. The fourth-order valence-corrected chi connectivity index (χ4v) is 5.12. The van der Waals surface area contributed by atoms with Gasteiger partial charge in [0.15, 0.2) is 5.78 Å². The van der Waals surface area contributed by atoms with Crippen LogP contribution in [0.5, 0.6) is 0 Å². The van der Waals surface area contributed by atoms with Crippen molar-refractivity contribution in [3.63, 3.8) is 0 Å². The summed E-state index contributed by atoms with van der Waals surface area (Å²) in [5, 5.41) is 2.80. The highest BCUT2D eigenvalue weighted by atomic mass is 32.2. The van der Waals surface area contributed by atoms with Gasteiger partial charge in [0.2, 0.25) is 0 Å². The van der Waals surface area contributed by atoms with Crippen molar-refractivity contribution < 1.29 is 14.4 Å². The smallest absolute Gasteiger partial charge is 0.322 e. The van der Waals surface area contributed by atoms with E-state index in [0.717, 1.165) is 29.9 Å². The van der Waals surface area contributed by atoms with Crippen LogP contribution in [0, 0.1) is 0 Å². The molecule has 5 nitrogen and oxygen atoms in total. The standard InChI is InChI=1S/C18H20N2O3S/c21-15(14-6-5-12-3-1-2-4-13(12)9-14)10-20-16(22)18(19-17(20)23)7-8-24-11-18/h5-6,9H,1-4,7-8,10-11H2,(H,19,23)/t18-/m1/s1. The van der Waals surface area contributed by atoms with Gasteiger partial charge in [-0.1, -0.05) is 12.1 Å². The third-order valence-corrected chi connectivity index (χ3v) is 6.43. The predicted molar refractivity (Wildman–Crippen MR) is 92.3 cm³/mol. The summed E-state index contributed by atoms with van der Waals surface area (Å²) in [6.45, 7) is -0.171. The topological polar surface area (TPSA) is 66.5 Å². The van der Waals surface area contributed by atoms with Gasteiger partial charge >= 0.3 is 6.03 Å². The van der Waals surface area contributed by atoms with Crippen LogP contribution in [-0.2, 0) is 17.6 Å². The van der Waals surface area contributed by atoms with Gasteiger partial charge in [-0.25, -0.2) is 4.79 Å². The summed E-state index contributed by atoms with van der Waals surface area (Å²) in [7, 11) is 0. The van der Waals surface area contributed by atoms with Crippen LogP contribution < -0.4 is 5.32 Å². The number of benzene rings is 1. The van der Waals surface area contributed by atoms with Crippen molar-refractivity contribution in [3.05, 3.63) is 34.9 Å². The number of amides is 3. The molecule has 3 aliphatic rings. The van der Waals surface area contributed by atoms with Gasteiger partial charge in [-0.05, 0) is 55.1 Å². The van der Waals surface area contributed by atoms with Gasteiger partial charge in [-0.3, -0.25) is 14.5 Å². The quantitative estimate of drug-likeness (QED) is 0.674. The van der Waals surface area contributed by atoms with E-state index in [0.29, 0.717) is 17.7 Å². The molecule has 24 heavy (non-hydrogen) atoms. The van der Waals surface area contributed by atoms with E-state index >= 15 is 0 Å². The molecule has 1 atom stereocenters. The minimum absolute atomic E-state index is 0.171. The van der Waals surface area contributed by atoms with E-state index in [1.54, 1.807) is 11.8 Å². The molecule has 1 aliphatic carbocycles. The third-order valence-electron chi connectivity index (χ3n) is 5.24. The molecule has 2 heterocycles. The molecule has 1 aromatic carbocycles. The number of thioether (sulfide) groups is 1. The fraction of sp³-hybridized carbons (Fsp3) is 0.500. The van der Waals surface area contributed by atoms with Crippen molar-refractivity contribution in [2.45, 2.75) is 37.6 Å². The number of carbonyl (C=O) groups is 3. The molecule has 1 N–H and O–H groups in total.